The van der Waals surface area contributed by atoms with Crippen molar-refractivity contribution in [3.63, 3.8) is 0 Å². The van der Waals surface area contributed by atoms with Gasteiger partial charge in [-0.15, -0.1) is 12.4 Å². The number of rotatable bonds is 9. The van der Waals surface area contributed by atoms with E-state index in [0.29, 0.717) is 46.5 Å². The number of imidazole rings is 1. The lowest BCUT2D eigenvalue weighted by molar-refractivity contribution is -0.127. The molecular weight excluding hydrogens is 550 g/mol. The highest BCUT2D eigenvalue weighted by Gasteiger charge is 2.47. The summed E-state index contributed by atoms with van der Waals surface area (Å²) in [4.78, 5) is 41.8. The zero-order valence-electron chi connectivity index (χ0n) is 22.4. The van der Waals surface area contributed by atoms with E-state index >= 15 is 0 Å². The number of pyridine rings is 1. The molecule has 2 heterocycles. The Morgan fingerprint density at radius 1 is 0.975 bits per heavy atom. The maximum Gasteiger partial charge on any atom is 0.250 e. The number of nitrogens with one attached hydrogen (secondary N) is 2. The van der Waals surface area contributed by atoms with Gasteiger partial charge < -0.3 is 19.8 Å². The summed E-state index contributed by atoms with van der Waals surface area (Å²) in [5, 5.41) is 3.68. The Morgan fingerprint density at radius 2 is 1.62 bits per heavy atom. The van der Waals surface area contributed by atoms with Gasteiger partial charge in [0.15, 0.2) is 10.8 Å². The molecule has 210 valence electrons. The highest BCUT2D eigenvalue weighted by atomic mass is 35.5. The Hall–Kier alpha value is -3.76. The van der Waals surface area contributed by atoms with Gasteiger partial charge in [-0.2, -0.15) is 0 Å². The summed E-state index contributed by atoms with van der Waals surface area (Å²) in [7, 11) is 3.20. The van der Waals surface area contributed by atoms with E-state index in [0.717, 1.165) is 24.8 Å². The number of methoxy groups -OCH3 is 2. The summed E-state index contributed by atoms with van der Waals surface area (Å²) < 4.78 is 10.6. The molecule has 0 atom stereocenters. The molecule has 1 aliphatic carbocycles. The van der Waals surface area contributed by atoms with Crippen LogP contribution in [0.3, 0.4) is 0 Å². The zero-order chi connectivity index (χ0) is 27.2. The lowest BCUT2D eigenvalue weighted by atomic mass is 9.78. The summed E-state index contributed by atoms with van der Waals surface area (Å²) in [6.07, 6.45) is 5.51. The smallest absolute Gasteiger partial charge is 0.250 e. The van der Waals surface area contributed by atoms with Crippen LogP contribution in [0.25, 0.3) is 11.2 Å². The molecule has 9 nitrogen and oxygen atoms in total. The Balaban J connectivity index is 0.00000370. The molecule has 40 heavy (non-hydrogen) atoms. The standard InChI is InChI=1S/C29H31N5O4S.ClH/c1-37-22-12-8-20(9-13-22)31-27(36)29(16-4-3-5-17-29)34(21-10-14-23(38-2)15-11-21)25(35)19-39-28-32-24-7-6-18-30-26(24)33-28;/h6-15,18H,3-5,16-17,19H2,1-2H3,(H,31,36)(H,30,32,33);1H. The summed E-state index contributed by atoms with van der Waals surface area (Å²) >= 11 is 1.30. The minimum Gasteiger partial charge on any atom is -0.497 e. The van der Waals surface area contributed by atoms with Crippen molar-refractivity contribution in [2.75, 3.05) is 30.2 Å². The van der Waals surface area contributed by atoms with Gasteiger partial charge in [0.1, 0.15) is 17.0 Å². The van der Waals surface area contributed by atoms with Crippen LogP contribution in [0.1, 0.15) is 32.1 Å². The molecule has 1 aliphatic rings. The molecule has 0 radical (unpaired) electrons. The van der Waals surface area contributed by atoms with E-state index in [-0.39, 0.29) is 30.0 Å². The first-order valence-corrected chi connectivity index (χ1v) is 13.9. The molecule has 2 amide bonds. The molecule has 0 spiro atoms. The number of aromatic amines is 1. The van der Waals surface area contributed by atoms with E-state index in [1.807, 2.05) is 36.4 Å². The van der Waals surface area contributed by atoms with Gasteiger partial charge >= 0.3 is 0 Å². The fraction of sp³-hybridized carbons (Fsp3) is 0.310. The number of benzene rings is 2. The first-order chi connectivity index (χ1) is 19.0. The molecule has 2 aromatic heterocycles. The van der Waals surface area contributed by atoms with Crippen LogP contribution in [0.5, 0.6) is 11.5 Å². The van der Waals surface area contributed by atoms with Crippen molar-refractivity contribution in [2.24, 2.45) is 0 Å². The Kier molecular flexibility index (Phi) is 9.54. The maximum atomic E-state index is 14.1. The number of halogens is 1. The molecule has 0 bridgehead atoms. The molecule has 1 fully saturated rings. The van der Waals surface area contributed by atoms with Crippen LogP contribution in [-0.4, -0.2) is 52.3 Å². The van der Waals surface area contributed by atoms with Crippen LogP contribution in [0.15, 0.2) is 72.0 Å². The van der Waals surface area contributed by atoms with Gasteiger partial charge in [0.2, 0.25) is 5.91 Å². The molecular formula is C29H32ClN5O4S. The lowest BCUT2D eigenvalue weighted by Gasteiger charge is -2.45. The molecule has 0 aliphatic heterocycles. The van der Waals surface area contributed by atoms with Crippen LogP contribution < -0.4 is 19.7 Å². The number of aromatic nitrogens is 3. The van der Waals surface area contributed by atoms with Crippen LogP contribution in [0.4, 0.5) is 11.4 Å². The predicted molar refractivity (Wildman–Crippen MR) is 160 cm³/mol. The molecule has 2 aromatic carbocycles. The summed E-state index contributed by atoms with van der Waals surface area (Å²) in [6.45, 7) is 0. The quantitative estimate of drug-likeness (QED) is 0.238. The number of amides is 2. The molecule has 0 saturated heterocycles. The van der Waals surface area contributed by atoms with Crippen molar-refractivity contribution in [1.82, 2.24) is 15.0 Å². The largest absolute Gasteiger partial charge is 0.497 e. The first-order valence-electron chi connectivity index (χ1n) is 12.9. The first kappa shape index (κ1) is 29.2. The molecule has 4 aromatic rings. The third kappa shape index (κ3) is 6.18. The van der Waals surface area contributed by atoms with Crippen LogP contribution in [0, 0.1) is 0 Å². The highest BCUT2D eigenvalue weighted by Crippen LogP contribution is 2.39. The number of hydrogen-bond donors (Lipinski definition) is 2. The van der Waals surface area contributed by atoms with E-state index in [1.54, 1.807) is 49.6 Å². The topological polar surface area (TPSA) is 109 Å². The highest BCUT2D eigenvalue weighted by molar-refractivity contribution is 7.99. The molecule has 1 saturated carbocycles. The number of thioether (sulfide) groups is 1. The van der Waals surface area contributed by atoms with E-state index in [1.165, 1.54) is 11.8 Å². The molecule has 2 N–H and O–H groups in total. The van der Waals surface area contributed by atoms with E-state index < -0.39 is 5.54 Å². The molecule has 11 heteroatoms. The SMILES string of the molecule is COc1ccc(NC(=O)C2(N(C(=O)CSc3nc4ncccc4[nH]3)c3ccc(OC)cc3)CCCCC2)cc1.Cl. The second-order valence-corrected chi connectivity index (χ2v) is 10.4. The van der Waals surface area contributed by atoms with Gasteiger partial charge in [0.25, 0.3) is 5.91 Å². The average molecular weight is 582 g/mol. The Bertz CT molecular complexity index is 1410. The van der Waals surface area contributed by atoms with E-state index in [9.17, 15) is 9.59 Å². The van der Waals surface area contributed by atoms with Gasteiger partial charge in [-0.05, 0) is 73.5 Å². The number of hydrogen-bond acceptors (Lipinski definition) is 7. The number of ether oxygens (including phenoxy) is 2. The van der Waals surface area contributed by atoms with E-state index in [2.05, 4.69) is 20.3 Å². The van der Waals surface area contributed by atoms with Crippen LogP contribution in [-0.2, 0) is 9.59 Å². The van der Waals surface area contributed by atoms with Crippen molar-refractivity contribution < 1.29 is 19.1 Å². The third-order valence-corrected chi connectivity index (χ3v) is 7.89. The van der Waals surface area contributed by atoms with Gasteiger partial charge in [-0.3, -0.25) is 14.5 Å². The zero-order valence-corrected chi connectivity index (χ0v) is 24.0. The minimum atomic E-state index is -1.04. The lowest BCUT2D eigenvalue weighted by Crippen LogP contribution is -2.61. The maximum absolute atomic E-state index is 14.1. The second-order valence-electron chi connectivity index (χ2n) is 9.41. The Labute approximate surface area is 243 Å². The number of anilines is 2. The van der Waals surface area contributed by atoms with Crippen molar-refractivity contribution >= 4 is 58.5 Å². The number of nitrogens with zero attached hydrogens (tertiary/aromatic N) is 3. The van der Waals surface area contributed by atoms with Gasteiger partial charge in [0.05, 0.1) is 25.5 Å². The van der Waals surface area contributed by atoms with Gasteiger partial charge in [-0.25, -0.2) is 9.97 Å². The van der Waals surface area contributed by atoms with Crippen molar-refractivity contribution in [3.8, 4) is 11.5 Å². The number of H-pyrrole nitrogens is 1. The van der Waals surface area contributed by atoms with Crippen molar-refractivity contribution in [3.05, 3.63) is 66.9 Å². The van der Waals surface area contributed by atoms with Crippen LogP contribution >= 0.6 is 24.2 Å². The van der Waals surface area contributed by atoms with Gasteiger partial charge in [0, 0.05) is 17.6 Å². The fourth-order valence-corrected chi connectivity index (χ4v) is 5.78. The number of carbonyl (C=O) groups excluding carboxylic acids is 2. The monoisotopic (exact) mass is 581 g/mol. The predicted octanol–water partition coefficient (Wildman–Crippen LogP) is 5.86. The van der Waals surface area contributed by atoms with Crippen molar-refractivity contribution in [2.45, 2.75) is 42.8 Å². The average Bonchev–Trinajstić information content (AvgIpc) is 3.40. The fourth-order valence-electron chi connectivity index (χ4n) is 5.06. The van der Waals surface area contributed by atoms with E-state index in [4.69, 9.17) is 9.47 Å². The normalized spacial score (nSPS) is 14.2. The second kappa shape index (κ2) is 13.1. The number of fused-ring (bicyclic) bond motifs is 1. The molecule has 5 rings (SSSR count). The Morgan fingerprint density at radius 3 is 2.25 bits per heavy atom. The summed E-state index contributed by atoms with van der Waals surface area (Å²) in [5.41, 5.74) is 1.67. The molecule has 0 unspecified atom stereocenters. The summed E-state index contributed by atoms with van der Waals surface area (Å²) in [5.74, 6) is 1.10. The minimum absolute atomic E-state index is 0. The van der Waals surface area contributed by atoms with Gasteiger partial charge in [-0.1, -0.05) is 31.0 Å². The third-order valence-electron chi connectivity index (χ3n) is 7.03. The number of carbonyl (C=O) groups is 2. The van der Waals surface area contributed by atoms with Crippen LogP contribution in [0.2, 0.25) is 0 Å². The van der Waals surface area contributed by atoms with Crippen molar-refractivity contribution in [1.29, 1.82) is 0 Å². The summed E-state index contributed by atoms with van der Waals surface area (Å²) in [6, 6.07) is 18.2.